The van der Waals surface area contributed by atoms with Gasteiger partial charge in [-0.25, -0.2) is 31.8 Å². The molecular weight excluding hydrogens is 672 g/mol. The predicted molar refractivity (Wildman–Crippen MR) is 154 cm³/mol. The first kappa shape index (κ1) is 39.2. The maximum absolute atomic E-state index is 11.0. The number of ether oxygens (including phenoxy) is 2. The molecular formula is C27H24ClN3Na2O10S2. The van der Waals surface area contributed by atoms with Gasteiger partial charge in [-0.15, -0.1) is 0 Å². The second kappa shape index (κ2) is 17.2. The van der Waals surface area contributed by atoms with Crippen molar-refractivity contribution in [2.24, 2.45) is 0 Å². The van der Waals surface area contributed by atoms with Gasteiger partial charge >= 0.3 is 59.1 Å². The molecule has 18 heteroatoms. The number of rotatable bonds is 13. The number of nitrogens with zero attached hydrogens (tertiary/aromatic N) is 3. The molecule has 0 saturated heterocycles. The topological polar surface area (TPSA) is 212 Å². The van der Waals surface area contributed by atoms with Crippen LogP contribution in [0.2, 0.25) is 5.02 Å². The monoisotopic (exact) mass is 695 g/mol. The van der Waals surface area contributed by atoms with Crippen molar-refractivity contribution in [3.63, 3.8) is 0 Å². The van der Waals surface area contributed by atoms with E-state index in [4.69, 9.17) is 21.1 Å². The van der Waals surface area contributed by atoms with Gasteiger partial charge in [0.05, 0.1) is 33.5 Å². The van der Waals surface area contributed by atoms with E-state index in [9.17, 15) is 36.2 Å². The molecule has 4 aromatic rings. The van der Waals surface area contributed by atoms with Gasteiger partial charge in [0.15, 0.2) is 17.5 Å². The summed E-state index contributed by atoms with van der Waals surface area (Å²) < 4.78 is 77.2. The molecule has 228 valence electrons. The molecule has 0 bridgehead atoms. The Bertz CT molecular complexity index is 1720. The molecule has 0 spiro atoms. The Hall–Kier alpha value is -2.02. The molecule has 0 aliphatic carbocycles. The molecule has 3 aromatic carbocycles. The third-order valence-corrected chi connectivity index (χ3v) is 7.62. The average molecular weight is 696 g/mol. The second-order valence-corrected chi connectivity index (χ2v) is 12.5. The van der Waals surface area contributed by atoms with Gasteiger partial charge in [-0.3, -0.25) is 0 Å². The molecule has 4 rings (SSSR count). The van der Waals surface area contributed by atoms with E-state index in [2.05, 4.69) is 15.0 Å². The van der Waals surface area contributed by atoms with Gasteiger partial charge in [0.2, 0.25) is 0 Å². The van der Waals surface area contributed by atoms with Crippen LogP contribution in [0.3, 0.4) is 0 Å². The largest absolute Gasteiger partial charge is 1.00 e. The number of hydrogen-bond acceptors (Lipinski definition) is 13. The number of benzene rings is 3. The van der Waals surface area contributed by atoms with Crippen molar-refractivity contribution in [3.05, 3.63) is 65.7 Å². The zero-order chi connectivity index (χ0) is 31.2. The van der Waals surface area contributed by atoms with E-state index in [-0.39, 0.29) is 137 Å². The Morgan fingerprint density at radius 3 is 1.44 bits per heavy atom. The Kier molecular flexibility index (Phi) is 15.0. The van der Waals surface area contributed by atoms with E-state index < -0.39 is 31.7 Å². The molecule has 13 nitrogen and oxygen atoms in total. The third kappa shape index (κ3) is 11.6. The number of phenolic OH excluding ortho intramolecular Hbond substituents is 2. The molecule has 0 atom stereocenters. The van der Waals surface area contributed by atoms with E-state index in [1.165, 1.54) is 36.4 Å². The van der Waals surface area contributed by atoms with Gasteiger partial charge in [-0.05, 0) is 61.4 Å². The SMILES string of the molecule is O=S(=O)([O-])CCCOc1cccc(O)c1-c1nc(-c2ccc(Cl)cc2)nc(-c2c(O)cccc2OCCCS(=O)(=O)[O-])n1.[Na+].[Na+]. The zero-order valence-corrected chi connectivity index (χ0v) is 30.6. The molecule has 0 saturated carbocycles. The van der Waals surface area contributed by atoms with Gasteiger partial charge in [0.1, 0.15) is 34.1 Å². The Labute approximate surface area is 309 Å². The van der Waals surface area contributed by atoms with Gasteiger partial charge in [-0.2, -0.15) is 0 Å². The van der Waals surface area contributed by atoms with Crippen LogP contribution < -0.4 is 68.6 Å². The van der Waals surface area contributed by atoms with Crippen molar-refractivity contribution in [3.8, 4) is 57.2 Å². The first-order valence-corrected chi connectivity index (χ1v) is 16.1. The van der Waals surface area contributed by atoms with Gasteiger partial charge < -0.3 is 28.8 Å². The van der Waals surface area contributed by atoms with E-state index >= 15 is 0 Å². The van der Waals surface area contributed by atoms with Crippen LogP contribution in [-0.4, -0.2) is 75.8 Å². The standard InChI is InChI=1S/C27H26ClN3O10S2.2Na/c28-18-11-9-17(10-12-18)25-29-26(23-19(32)5-1-7-21(23)40-13-3-15-42(34,35)36)31-27(30-25)24-20(33)6-2-8-22(24)41-14-4-16-43(37,38)39;;/h1-2,5-12,32-33H,3-4,13-16H2,(H,34,35,36)(H,37,38,39);;/q;2*+1/p-2. The van der Waals surface area contributed by atoms with Crippen LogP contribution in [0.15, 0.2) is 60.7 Å². The summed E-state index contributed by atoms with van der Waals surface area (Å²) in [5, 5.41) is 22.1. The summed E-state index contributed by atoms with van der Waals surface area (Å²) in [6.45, 7) is -0.340. The maximum Gasteiger partial charge on any atom is 1.00 e. The molecule has 0 amide bonds. The number of phenols is 2. The maximum atomic E-state index is 11.0. The molecule has 2 N–H and O–H groups in total. The Balaban J connectivity index is 0.00000353. The zero-order valence-electron chi connectivity index (χ0n) is 24.2. The van der Waals surface area contributed by atoms with Crippen molar-refractivity contribution in [2.75, 3.05) is 24.7 Å². The molecule has 0 aliphatic rings. The van der Waals surface area contributed by atoms with Crippen molar-refractivity contribution in [1.82, 2.24) is 15.0 Å². The summed E-state index contributed by atoms with van der Waals surface area (Å²) in [4.78, 5) is 13.5. The third-order valence-electron chi connectivity index (χ3n) is 5.79. The fourth-order valence-corrected chi connectivity index (χ4v) is 4.96. The summed E-state index contributed by atoms with van der Waals surface area (Å²) in [6, 6.07) is 15.2. The van der Waals surface area contributed by atoms with Crippen LogP contribution in [0, 0.1) is 0 Å². The van der Waals surface area contributed by atoms with Gasteiger partial charge in [-0.1, -0.05) is 23.7 Å². The molecule has 0 fully saturated rings. The van der Waals surface area contributed by atoms with E-state index in [1.807, 2.05) is 0 Å². The van der Waals surface area contributed by atoms with Crippen LogP contribution in [0.1, 0.15) is 12.8 Å². The van der Waals surface area contributed by atoms with Crippen LogP contribution in [0.5, 0.6) is 23.0 Å². The van der Waals surface area contributed by atoms with Crippen LogP contribution in [0.4, 0.5) is 0 Å². The van der Waals surface area contributed by atoms with Crippen molar-refractivity contribution >= 4 is 31.8 Å². The van der Waals surface area contributed by atoms with Crippen LogP contribution in [-0.2, 0) is 20.2 Å². The Morgan fingerprint density at radius 1 is 0.644 bits per heavy atom. The summed E-state index contributed by atoms with van der Waals surface area (Å²) in [5.41, 5.74) is 0.529. The van der Waals surface area contributed by atoms with Crippen LogP contribution >= 0.6 is 11.6 Å². The number of aromatic nitrogens is 3. The first-order chi connectivity index (χ1) is 20.3. The predicted octanol–water partition coefficient (Wildman–Crippen LogP) is -2.43. The molecule has 0 unspecified atom stereocenters. The van der Waals surface area contributed by atoms with Gasteiger partial charge in [0.25, 0.3) is 0 Å². The normalized spacial score (nSPS) is 11.3. The van der Waals surface area contributed by atoms with Crippen molar-refractivity contribution in [2.45, 2.75) is 12.8 Å². The molecule has 1 heterocycles. The van der Waals surface area contributed by atoms with Crippen molar-refractivity contribution in [1.29, 1.82) is 0 Å². The second-order valence-electron chi connectivity index (χ2n) is 9.04. The number of halogens is 1. The average Bonchev–Trinajstić information content (AvgIpc) is 2.92. The minimum atomic E-state index is -4.45. The minimum absolute atomic E-state index is 0. The van der Waals surface area contributed by atoms with E-state index in [0.717, 1.165) is 0 Å². The summed E-state index contributed by atoms with van der Waals surface area (Å²) in [5.74, 6) is -1.79. The van der Waals surface area contributed by atoms with Gasteiger partial charge in [0, 0.05) is 22.1 Å². The van der Waals surface area contributed by atoms with E-state index in [1.54, 1.807) is 24.3 Å². The summed E-state index contributed by atoms with van der Waals surface area (Å²) in [6.07, 6.45) is -0.211. The fraction of sp³-hybridized carbons (Fsp3) is 0.222. The Morgan fingerprint density at radius 2 is 1.04 bits per heavy atom. The van der Waals surface area contributed by atoms with Crippen LogP contribution in [0.25, 0.3) is 34.2 Å². The summed E-state index contributed by atoms with van der Waals surface area (Å²) >= 11 is 6.05. The molecule has 0 radical (unpaired) electrons. The summed E-state index contributed by atoms with van der Waals surface area (Å²) in [7, 11) is -8.90. The fourth-order valence-electron chi connectivity index (χ4n) is 3.89. The van der Waals surface area contributed by atoms with E-state index in [0.29, 0.717) is 10.6 Å². The minimum Gasteiger partial charge on any atom is -0.748 e. The quantitative estimate of drug-likeness (QED) is 0.0848. The molecule has 1 aromatic heterocycles. The van der Waals surface area contributed by atoms with Crippen molar-refractivity contribution < 1.29 is 105 Å². The number of aromatic hydroxyl groups is 2. The smallest absolute Gasteiger partial charge is 0.748 e. The molecule has 45 heavy (non-hydrogen) atoms. The number of hydrogen-bond donors (Lipinski definition) is 2. The first-order valence-electron chi connectivity index (χ1n) is 12.6. The molecule has 0 aliphatic heterocycles.